The first-order chi connectivity index (χ1) is 5.68. The van der Waals surface area contributed by atoms with Crippen molar-refractivity contribution in [2.45, 2.75) is 6.92 Å². The van der Waals surface area contributed by atoms with E-state index in [2.05, 4.69) is 22.9 Å². The number of benzene rings is 1. The number of aryl methyl sites for hydroxylation is 1. The normalized spacial score (nSPS) is 10.8. The van der Waals surface area contributed by atoms with Crippen molar-refractivity contribution in [2.75, 3.05) is 0 Å². The largest absolute Gasteiger partial charge is 0.508 e. The molecule has 0 spiro atoms. The van der Waals surface area contributed by atoms with E-state index in [0.717, 1.165) is 9.17 Å². The molecule has 0 unspecified atom stereocenters. The Morgan fingerprint density at radius 1 is 1.42 bits per heavy atom. The summed E-state index contributed by atoms with van der Waals surface area (Å²) in [6.07, 6.45) is 0. The summed E-state index contributed by atoms with van der Waals surface area (Å²) in [4.78, 5) is 1.25. The SMILES string of the molecule is Cc1sc2cc(O)ccc2c1Br. The molecule has 0 fully saturated rings. The minimum absolute atomic E-state index is 0.330. The van der Waals surface area contributed by atoms with E-state index in [9.17, 15) is 5.11 Å². The van der Waals surface area contributed by atoms with Crippen molar-refractivity contribution < 1.29 is 5.11 Å². The summed E-state index contributed by atoms with van der Waals surface area (Å²) in [6.45, 7) is 2.06. The maximum absolute atomic E-state index is 9.22. The summed E-state index contributed by atoms with van der Waals surface area (Å²) in [5.41, 5.74) is 0. The highest BCUT2D eigenvalue weighted by molar-refractivity contribution is 9.10. The summed E-state index contributed by atoms with van der Waals surface area (Å²) in [5, 5.41) is 10.4. The lowest BCUT2D eigenvalue weighted by Gasteiger charge is -1.91. The smallest absolute Gasteiger partial charge is 0.117 e. The maximum atomic E-state index is 9.22. The number of hydrogen-bond acceptors (Lipinski definition) is 2. The van der Waals surface area contributed by atoms with Gasteiger partial charge in [-0.05, 0) is 41.1 Å². The fourth-order valence-electron chi connectivity index (χ4n) is 1.18. The summed E-state index contributed by atoms with van der Waals surface area (Å²) in [6, 6.07) is 5.43. The molecule has 0 bridgehead atoms. The van der Waals surface area contributed by atoms with Crippen LogP contribution >= 0.6 is 27.3 Å². The van der Waals surface area contributed by atoms with E-state index >= 15 is 0 Å². The Balaban J connectivity index is 2.87. The molecule has 0 aliphatic rings. The molecule has 0 atom stereocenters. The second kappa shape index (κ2) is 2.75. The van der Waals surface area contributed by atoms with Crippen LogP contribution < -0.4 is 0 Å². The van der Waals surface area contributed by atoms with Gasteiger partial charge in [0.15, 0.2) is 0 Å². The zero-order valence-electron chi connectivity index (χ0n) is 6.47. The Kier molecular flexibility index (Phi) is 1.85. The number of thiophene rings is 1. The summed E-state index contributed by atoms with van der Waals surface area (Å²) in [7, 11) is 0. The lowest BCUT2D eigenvalue weighted by molar-refractivity contribution is 0.476. The molecule has 1 heterocycles. The van der Waals surface area contributed by atoms with Crippen LogP contribution in [0.5, 0.6) is 5.75 Å². The molecule has 2 rings (SSSR count). The molecule has 12 heavy (non-hydrogen) atoms. The predicted octanol–water partition coefficient (Wildman–Crippen LogP) is 3.68. The van der Waals surface area contributed by atoms with Crippen molar-refractivity contribution >= 4 is 37.4 Å². The van der Waals surface area contributed by atoms with Gasteiger partial charge in [0.2, 0.25) is 0 Å². The molecule has 2 aromatic rings. The molecule has 1 nitrogen and oxygen atoms in total. The van der Waals surface area contributed by atoms with E-state index in [1.54, 1.807) is 23.5 Å². The van der Waals surface area contributed by atoms with Crippen LogP contribution in [0.3, 0.4) is 0 Å². The molecule has 1 aromatic carbocycles. The molecule has 3 heteroatoms. The van der Waals surface area contributed by atoms with Crippen molar-refractivity contribution in [2.24, 2.45) is 0 Å². The second-order valence-corrected chi connectivity index (χ2v) is 4.70. The minimum Gasteiger partial charge on any atom is -0.508 e. The third-order valence-electron chi connectivity index (χ3n) is 1.77. The van der Waals surface area contributed by atoms with Gasteiger partial charge in [-0.25, -0.2) is 0 Å². The fourth-order valence-corrected chi connectivity index (χ4v) is 2.89. The van der Waals surface area contributed by atoms with Crippen LogP contribution in [-0.2, 0) is 0 Å². The third kappa shape index (κ3) is 1.13. The number of phenols is 1. The van der Waals surface area contributed by atoms with Gasteiger partial charge in [0.1, 0.15) is 5.75 Å². The molecule has 1 aromatic heterocycles. The molecule has 0 aliphatic carbocycles. The molecular weight excluding hydrogens is 236 g/mol. The van der Waals surface area contributed by atoms with E-state index in [-0.39, 0.29) is 0 Å². The third-order valence-corrected chi connectivity index (χ3v) is 4.13. The van der Waals surface area contributed by atoms with Crippen LogP contribution in [0.2, 0.25) is 0 Å². The number of phenolic OH excluding ortho intramolecular Hbond substituents is 1. The molecule has 0 saturated carbocycles. The van der Waals surface area contributed by atoms with Crippen molar-refractivity contribution in [3.05, 3.63) is 27.5 Å². The van der Waals surface area contributed by atoms with Gasteiger partial charge in [-0.2, -0.15) is 0 Å². The van der Waals surface area contributed by atoms with Crippen molar-refractivity contribution in [1.82, 2.24) is 0 Å². The molecule has 0 radical (unpaired) electrons. The lowest BCUT2D eigenvalue weighted by atomic mass is 10.2. The zero-order chi connectivity index (χ0) is 8.72. The zero-order valence-corrected chi connectivity index (χ0v) is 8.87. The van der Waals surface area contributed by atoms with Gasteiger partial charge in [-0.15, -0.1) is 11.3 Å². The Labute approximate surface area is 82.8 Å². The van der Waals surface area contributed by atoms with Crippen LogP contribution in [0.4, 0.5) is 0 Å². The number of fused-ring (bicyclic) bond motifs is 1. The first-order valence-electron chi connectivity index (χ1n) is 3.56. The summed E-state index contributed by atoms with van der Waals surface area (Å²) >= 11 is 5.19. The van der Waals surface area contributed by atoms with Crippen LogP contribution in [0.15, 0.2) is 22.7 Å². The van der Waals surface area contributed by atoms with Gasteiger partial charge in [0, 0.05) is 19.4 Å². The lowest BCUT2D eigenvalue weighted by Crippen LogP contribution is -1.65. The Morgan fingerprint density at radius 2 is 2.17 bits per heavy atom. The number of hydrogen-bond donors (Lipinski definition) is 1. The average molecular weight is 243 g/mol. The maximum Gasteiger partial charge on any atom is 0.117 e. The Bertz CT molecular complexity index is 433. The standard InChI is InChI=1S/C9H7BrOS/c1-5-9(10)7-3-2-6(11)4-8(7)12-5/h2-4,11H,1H3. The predicted molar refractivity (Wildman–Crippen MR) is 55.9 cm³/mol. The van der Waals surface area contributed by atoms with Crippen LogP contribution in [0, 0.1) is 6.92 Å². The van der Waals surface area contributed by atoms with Gasteiger partial charge >= 0.3 is 0 Å². The summed E-state index contributed by atoms with van der Waals surface area (Å²) in [5.74, 6) is 0.330. The first kappa shape index (κ1) is 8.08. The van der Waals surface area contributed by atoms with E-state index in [0.29, 0.717) is 5.75 Å². The molecule has 1 N–H and O–H groups in total. The highest BCUT2D eigenvalue weighted by Crippen LogP contribution is 2.36. The Hall–Kier alpha value is -0.540. The van der Waals surface area contributed by atoms with Crippen LogP contribution in [0.1, 0.15) is 4.88 Å². The van der Waals surface area contributed by atoms with Gasteiger partial charge in [-0.1, -0.05) is 0 Å². The fraction of sp³-hybridized carbons (Fsp3) is 0.111. The summed E-state index contributed by atoms with van der Waals surface area (Å²) < 4.78 is 2.27. The van der Waals surface area contributed by atoms with Gasteiger partial charge in [0.25, 0.3) is 0 Å². The Morgan fingerprint density at radius 3 is 2.92 bits per heavy atom. The van der Waals surface area contributed by atoms with E-state index in [1.807, 2.05) is 6.07 Å². The monoisotopic (exact) mass is 242 g/mol. The molecular formula is C9H7BrOS. The number of halogens is 1. The van der Waals surface area contributed by atoms with Gasteiger partial charge in [0.05, 0.1) is 0 Å². The highest BCUT2D eigenvalue weighted by Gasteiger charge is 2.05. The van der Waals surface area contributed by atoms with E-state index in [1.165, 1.54) is 10.3 Å². The van der Waals surface area contributed by atoms with E-state index in [4.69, 9.17) is 0 Å². The van der Waals surface area contributed by atoms with Gasteiger partial charge < -0.3 is 5.11 Å². The molecule has 62 valence electrons. The molecule has 0 saturated heterocycles. The van der Waals surface area contributed by atoms with Crippen molar-refractivity contribution in [3.8, 4) is 5.75 Å². The first-order valence-corrected chi connectivity index (χ1v) is 5.17. The van der Waals surface area contributed by atoms with Crippen LogP contribution in [0.25, 0.3) is 10.1 Å². The molecule has 0 aliphatic heterocycles. The van der Waals surface area contributed by atoms with E-state index < -0.39 is 0 Å². The van der Waals surface area contributed by atoms with Crippen molar-refractivity contribution in [3.63, 3.8) is 0 Å². The quantitative estimate of drug-likeness (QED) is 0.748. The van der Waals surface area contributed by atoms with Crippen LogP contribution in [-0.4, -0.2) is 5.11 Å². The average Bonchev–Trinajstić information content (AvgIpc) is 2.28. The van der Waals surface area contributed by atoms with Crippen molar-refractivity contribution in [1.29, 1.82) is 0 Å². The number of aromatic hydroxyl groups is 1. The molecule has 0 amide bonds. The highest BCUT2D eigenvalue weighted by atomic mass is 79.9. The number of rotatable bonds is 0. The minimum atomic E-state index is 0.330. The van der Waals surface area contributed by atoms with Gasteiger partial charge in [-0.3, -0.25) is 0 Å². The second-order valence-electron chi connectivity index (χ2n) is 2.65. The topological polar surface area (TPSA) is 20.2 Å².